The Hall–Kier alpha value is -2.15. The minimum absolute atomic E-state index is 0.0899. The Morgan fingerprint density at radius 1 is 1.23 bits per heavy atom. The smallest absolute Gasteiger partial charge is 0.276 e. The van der Waals surface area contributed by atoms with Crippen LogP contribution in [0, 0.1) is 13.8 Å². The number of hydrogen-bond acceptors (Lipinski definition) is 4. The van der Waals surface area contributed by atoms with Crippen LogP contribution in [0.5, 0.6) is 0 Å². The highest BCUT2D eigenvalue weighted by atomic mass is 32.2. The monoisotopic (exact) mass is 375 g/mol. The quantitative estimate of drug-likeness (QED) is 0.889. The van der Waals surface area contributed by atoms with E-state index in [9.17, 15) is 13.2 Å². The molecule has 0 bridgehead atoms. The lowest BCUT2D eigenvalue weighted by atomic mass is 10.1. The number of carbonyl (C=O) groups excluding carboxylic acids is 1. The highest BCUT2D eigenvalue weighted by Crippen LogP contribution is 2.28. The fourth-order valence-electron chi connectivity index (χ4n) is 3.23. The Morgan fingerprint density at radius 3 is 2.54 bits per heavy atom. The van der Waals surface area contributed by atoms with Gasteiger partial charge in [0.25, 0.3) is 5.91 Å². The van der Waals surface area contributed by atoms with E-state index in [1.54, 1.807) is 10.7 Å². The van der Waals surface area contributed by atoms with Gasteiger partial charge >= 0.3 is 0 Å². The van der Waals surface area contributed by atoms with Crippen LogP contribution in [-0.2, 0) is 9.84 Å². The van der Waals surface area contributed by atoms with Crippen LogP contribution in [-0.4, -0.2) is 35.6 Å². The van der Waals surface area contributed by atoms with Gasteiger partial charge in [-0.2, -0.15) is 5.10 Å². The first-order valence-corrected chi connectivity index (χ1v) is 10.7. The van der Waals surface area contributed by atoms with Gasteiger partial charge in [0.1, 0.15) is 0 Å². The summed E-state index contributed by atoms with van der Waals surface area (Å²) in [5, 5.41) is 7.33. The molecule has 3 rings (SSSR count). The molecule has 1 aromatic heterocycles. The Labute approximate surface area is 154 Å². The minimum Gasteiger partial charge on any atom is -0.321 e. The summed E-state index contributed by atoms with van der Waals surface area (Å²) in [4.78, 5) is 12.6. The van der Waals surface area contributed by atoms with Gasteiger partial charge < -0.3 is 5.32 Å². The van der Waals surface area contributed by atoms with Crippen molar-refractivity contribution in [3.8, 4) is 0 Å². The van der Waals surface area contributed by atoms with Gasteiger partial charge in [0.05, 0.1) is 17.5 Å². The first kappa shape index (κ1) is 18.6. The third-order valence-corrected chi connectivity index (χ3v) is 6.66. The number of nitrogens with one attached hydrogen (secondary N) is 1. The summed E-state index contributed by atoms with van der Waals surface area (Å²) in [6.45, 7) is 8.05. The molecule has 0 spiro atoms. The first-order valence-electron chi connectivity index (χ1n) is 8.85. The van der Waals surface area contributed by atoms with Crippen molar-refractivity contribution < 1.29 is 13.2 Å². The zero-order valence-electron chi connectivity index (χ0n) is 15.6. The molecule has 1 aliphatic rings. The fourth-order valence-corrected chi connectivity index (χ4v) is 4.92. The number of anilines is 1. The molecule has 1 unspecified atom stereocenters. The van der Waals surface area contributed by atoms with Crippen molar-refractivity contribution in [3.63, 3.8) is 0 Å². The van der Waals surface area contributed by atoms with E-state index in [0.29, 0.717) is 12.1 Å². The van der Waals surface area contributed by atoms with Crippen LogP contribution in [0.4, 0.5) is 5.69 Å². The van der Waals surface area contributed by atoms with E-state index in [-0.39, 0.29) is 29.4 Å². The van der Waals surface area contributed by atoms with Gasteiger partial charge in [-0.05, 0) is 55.5 Å². The molecule has 2 aromatic rings. The van der Waals surface area contributed by atoms with Gasteiger partial charge in [0.15, 0.2) is 15.5 Å². The highest BCUT2D eigenvalue weighted by molar-refractivity contribution is 7.91. The molecular weight excluding hydrogens is 350 g/mol. The number of aryl methyl sites for hydroxylation is 2. The van der Waals surface area contributed by atoms with Gasteiger partial charge in [0.2, 0.25) is 0 Å². The van der Waals surface area contributed by atoms with Crippen molar-refractivity contribution in [1.82, 2.24) is 9.78 Å². The summed E-state index contributed by atoms with van der Waals surface area (Å²) in [5.74, 6) is 0.134. The second-order valence-corrected chi connectivity index (χ2v) is 9.59. The van der Waals surface area contributed by atoms with E-state index in [1.165, 1.54) is 0 Å². The maximum Gasteiger partial charge on any atom is 0.276 e. The SMILES string of the molecule is Cc1ccc(NC(=O)c2cc(C(C)C)n(C3CCS(=O)(=O)C3)n2)cc1C. The molecule has 26 heavy (non-hydrogen) atoms. The summed E-state index contributed by atoms with van der Waals surface area (Å²) in [6, 6.07) is 7.33. The van der Waals surface area contributed by atoms with E-state index in [2.05, 4.69) is 10.4 Å². The molecule has 1 saturated heterocycles. The Kier molecular flexibility index (Phi) is 4.92. The predicted molar refractivity (Wildman–Crippen MR) is 102 cm³/mol. The van der Waals surface area contributed by atoms with E-state index in [4.69, 9.17) is 0 Å². The molecule has 2 heterocycles. The second-order valence-electron chi connectivity index (χ2n) is 7.36. The van der Waals surface area contributed by atoms with Crippen LogP contribution in [0.25, 0.3) is 0 Å². The molecule has 6 nitrogen and oxygen atoms in total. The van der Waals surface area contributed by atoms with Crippen molar-refractivity contribution >= 4 is 21.4 Å². The van der Waals surface area contributed by atoms with E-state index in [1.807, 2.05) is 45.9 Å². The van der Waals surface area contributed by atoms with Crippen LogP contribution < -0.4 is 5.32 Å². The number of amides is 1. The van der Waals surface area contributed by atoms with Crippen LogP contribution in [0.1, 0.15) is 59.5 Å². The Bertz CT molecular complexity index is 945. The lowest BCUT2D eigenvalue weighted by Gasteiger charge is -2.15. The van der Waals surface area contributed by atoms with E-state index in [0.717, 1.165) is 22.5 Å². The number of carbonyl (C=O) groups is 1. The molecular formula is C19H25N3O3S. The molecule has 140 valence electrons. The van der Waals surface area contributed by atoms with Crippen molar-refractivity contribution in [3.05, 3.63) is 46.8 Å². The molecule has 0 aliphatic carbocycles. The van der Waals surface area contributed by atoms with Crippen molar-refractivity contribution in [2.45, 2.75) is 46.1 Å². The summed E-state index contributed by atoms with van der Waals surface area (Å²) >= 11 is 0. The maximum atomic E-state index is 12.6. The summed E-state index contributed by atoms with van der Waals surface area (Å²) < 4.78 is 25.4. The number of benzene rings is 1. The first-order chi connectivity index (χ1) is 12.2. The number of aromatic nitrogens is 2. The number of rotatable bonds is 4. The van der Waals surface area contributed by atoms with Crippen LogP contribution in [0.2, 0.25) is 0 Å². The summed E-state index contributed by atoms with van der Waals surface area (Å²) in [7, 11) is -3.02. The summed E-state index contributed by atoms with van der Waals surface area (Å²) in [6.07, 6.45) is 0.544. The molecule has 1 aromatic carbocycles. The fraction of sp³-hybridized carbons (Fsp3) is 0.474. The molecule has 1 N–H and O–H groups in total. The average Bonchev–Trinajstić information content (AvgIpc) is 3.14. The Balaban J connectivity index is 1.87. The average molecular weight is 375 g/mol. The molecule has 7 heteroatoms. The number of hydrogen-bond donors (Lipinski definition) is 1. The standard InChI is InChI=1S/C19H25N3O3S/c1-12(2)18-10-17(21-22(18)16-7-8-26(24,25)11-16)19(23)20-15-6-5-13(3)14(4)9-15/h5-6,9-10,12,16H,7-8,11H2,1-4H3,(H,20,23). The van der Waals surface area contributed by atoms with Crippen molar-refractivity contribution in [2.24, 2.45) is 0 Å². The zero-order valence-corrected chi connectivity index (χ0v) is 16.4. The molecule has 0 radical (unpaired) electrons. The normalized spacial score (nSPS) is 19.0. The predicted octanol–water partition coefficient (Wildman–Crippen LogP) is 3.24. The van der Waals surface area contributed by atoms with Gasteiger partial charge in [0, 0.05) is 11.4 Å². The van der Waals surface area contributed by atoms with Crippen LogP contribution in [0.15, 0.2) is 24.3 Å². The van der Waals surface area contributed by atoms with Crippen LogP contribution >= 0.6 is 0 Å². The van der Waals surface area contributed by atoms with Crippen LogP contribution in [0.3, 0.4) is 0 Å². The third kappa shape index (κ3) is 3.82. The third-order valence-electron chi connectivity index (χ3n) is 4.91. The molecule has 1 aliphatic heterocycles. The van der Waals surface area contributed by atoms with E-state index < -0.39 is 9.84 Å². The van der Waals surface area contributed by atoms with Gasteiger partial charge in [-0.15, -0.1) is 0 Å². The number of sulfone groups is 1. The van der Waals surface area contributed by atoms with Gasteiger partial charge in [-0.25, -0.2) is 8.42 Å². The Morgan fingerprint density at radius 2 is 1.96 bits per heavy atom. The molecule has 1 amide bonds. The molecule has 1 fully saturated rings. The van der Waals surface area contributed by atoms with Gasteiger partial charge in [-0.3, -0.25) is 9.48 Å². The highest BCUT2D eigenvalue weighted by Gasteiger charge is 2.32. The zero-order chi connectivity index (χ0) is 19.1. The summed E-state index contributed by atoms with van der Waals surface area (Å²) in [5.41, 5.74) is 4.19. The minimum atomic E-state index is -3.02. The molecule has 1 atom stereocenters. The maximum absolute atomic E-state index is 12.6. The van der Waals surface area contributed by atoms with Crippen molar-refractivity contribution in [1.29, 1.82) is 0 Å². The topological polar surface area (TPSA) is 81.1 Å². The van der Waals surface area contributed by atoms with Crippen molar-refractivity contribution in [2.75, 3.05) is 16.8 Å². The lowest BCUT2D eigenvalue weighted by molar-refractivity contribution is 0.102. The largest absolute Gasteiger partial charge is 0.321 e. The second kappa shape index (κ2) is 6.87. The van der Waals surface area contributed by atoms with Gasteiger partial charge in [-0.1, -0.05) is 19.9 Å². The van der Waals surface area contributed by atoms with E-state index >= 15 is 0 Å². The lowest BCUT2D eigenvalue weighted by Crippen LogP contribution is -2.17. The number of nitrogens with zero attached hydrogens (tertiary/aromatic N) is 2. The molecule has 0 saturated carbocycles.